The topological polar surface area (TPSA) is 79.9 Å². The number of phenolic OH excluding ortho intramolecular Hbond substituents is 1. The number of oxazole rings is 1. The summed E-state index contributed by atoms with van der Waals surface area (Å²) in [5, 5.41) is 14.3. The van der Waals surface area contributed by atoms with E-state index in [-0.39, 0.29) is 10.8 Å². The van der Waals surface area contributed by atoms with Crippen molar-refractivity contribution in [2.24, 2.45) is 4.99 Å². The SMILES string of the molecule is CC(C)(C)c1cc(CCc2nc(Oc3ccccc3CC3=NCCN3)co2)cc(C(C)(C)C)c1O. The smallest absolute Gasteiger partial charge is 0.258 e. The Morgan fingerprint density at radius 1 is 1.00 bits per heavy atom. The van der Waals surface area contributed by atoms with Crippen molar-refractivity contribution < 1.29 is 14.3 Å². The summed E-state index contributed by atoms with van der Waals surface area (Å²) in [7, 11) is 0. The quantitative estimate of drug-likeness (QED) is 0.432. The zero-order chi connectivity index (χ0) is 25.2. The number of phenols is 1. The molecule has 2 N–H and O–H groups in total. The second kappa shape index (κ2) is 9.76. The average molecular weight is 476 g/mol. The molecule has 6 heteroatoms. The van der Waals surface area contributed by atoms with Crippen LogP contribution in [0.1, 0.15) is 69.7 Å². The van der Waals surface area contributed by atoms with Gasteiger partial charge in [-0.25, -0.2) is 0 Å². The van der Waals surface area contributed by atoms with E-state index in [1.807, 2.05) is 24.3 Å². The second-order valence-corrected chi connectivity index (χ2v) is 11.3. The molecule has 1 aliphatic heterocycles. The lowest BCUT2D eigenvalue weighted by molar-refractivity contribution is 0.422. The molecule has 1 aliphatic rings. The third-order valence-electron chi connectivity index (χ3n) is 6.23. The number of para-hydroxylation sites is 1. The first kappa shape index (κ1) is 24.8. The maximum atomic E-state index is 11.0. The van der Waals surface area contributed by atoms with Crippen LogP contribution in [0.3, 0.4) is 0 Å². The van der Waals surface area contributed by atoms with E-state index in [0.29, 0.717) is 30.4 Å². The Morgan fingerprint density at radius 3 is 2.31 bits per heavy atom. The molecule has 3 aromatic rings. The number of rotatable bonds is 7. The van der Waals surface area contributed by atoms with Crippen molar-refractivity contribution in [2.45, 2.75) is 71.6 Å². The van der Waals surface area contributed by atoms with E-state index in [0.717, 1.165) is 53.3 Å². The summed E-state index contributed by atoms with van der Waals surface area (Å²) >= 11 is 0. The number of benzene rings is 2. The Bertz CT molecular complexity index is 1180. The van der Waals surface area contributed by atoms with Gasteiger partial charge in [-0.3, -0.25) is 4.99 Å². The first-order chi connectivity index (χ1) is 16.5. The fourth-order valence-electron chi connectivity index (χ4n) is 4.30. The number of amidine groups is 1. The van der Waals surface area contributed by atoms with Gasteiger partial charge in [-0.15, -0.1) is 0 Å². The highest BCUT2D eigenvalue weighted by molar-refractivity contribution is 5.86. The van der Waals surface area contributed by atoms with E-state index < -0.39 is 0 Å². The number of ether oxygens (including phenoxy) is 1. The maximum absolute atomic E-state index is 11.0. The molecular weight excluding hydrogens is 438 g/mol. The van der Waals surface area contributed by atoms with Crippen LogP contribution >= 0.6 is 0 Å². The highest BCUT2D eigenvalue weighted by atomic mass is 16.5. The van der Waals surface area contributed by atoms with Crippen LogP contribution in [0, 0.1) is 0 Å². The van der Waals surface area contributed by atoms with E-state index in [4.69, 9.17) is 9.15 Å². The van der Waals surface area contributed by atoms with E-state index in [1.165, 1.54) is 0 Å². The molecule has 0 fully saturated rings. The largest absolute Gasteiger partial charge is 0.507 e. The second-order valence-electron chi connectivity index (χ2n) is 11.3. The van der Waals surface area contributed by atoms with Crippen LogP contribution in [0.5, 0.6) is 17.4 Å². The molecule has 2 aromatic carbocycles. The molecule has 0 aliphatic carbocycles. The maximum Gasteiger partial charge on any atom is 0.258 e. The van der Waals surface area contributed by atoms with Crippen LogP contribution < -0.4 is 10.1 Å². The first-order valence-electron chi connectivity index (χ1n) is 12.3. The predicted octanol–water partition coefficient (Wildman–Crippen LogP) is 6.10. The summed E-state index contributed by atoms with van der Waals surface area (Å²) in [6, 6.07) is 12.2. The number of nitrogens with zero attached hydrogens (tertiary/aromatic N) is 2. The average Bonchev–Trinajstić information content (AvgIpc) is 3.45. The zero-order valence-electron chi connectivity index (χ0n) is 21.7. The minimum Gasteiger partial charge on any atom is -0.507 e. The zero-order valence-corrected chi connectivity index (χ0v) is 21.7. The number of nitrogens with one attached hydrogen (secondary N) is 1. The van der Waals surface area contributed by atoms with Gasteiger partial charge in [0.25, 0.3) is 5.88 Å². The summed E-state index contributed by atoms with van der Waals surface area (Å²) in [5.41, 5.74) is 3.84. The molecule has 4 rings (SSSR count). The van der Waals surface area contributed by atoms with Crippen LogP contribution in [0.4, 0.5) is 0 Å². The molecule has 0 bridgehead atoms. The third kappa shape index (κ3) is 6.05. The molecule has 0 radical (unpaired) electrons. The lowest BCUT2D eigenvalue weighted by Crippen LogP contribution is -2.20. The van der Waals surface area contributed by atoms with Gasteiger partial charge in [-0.05, 0) is 40.0 Å². The van der Waals surface area contributed by atoms with Gasteiger partial charge >= 0.3 is 0 Å². The molecule has 0 saturated heterocycles. The molecular formula is C29H37N3O3. The van der Waals surface area contributed by atoms with Gasteiger partial charge < -0.3 is 19.6 Å². The fourth-order valence-corrected chi connectivity index (χ4v) is 4.30. The van der Waals surface area contributed by atoms with E-state index >= 15 is 0 Å². The Balaban J connectivity index is 1.48. The van der Waals surface area contributed by atoms with Gasteiger partial charge in [-0.2, -0.15) is 4.98 Å². The normalized spacial score (nSPS) is 14.1. The van der Waals surface area contributed by atoms with Crippen molar-refractivity contribution in [3.8, 4) is 17.4 Å². The van der Waals surface area contributed by atoms with Crippen molar-refractivity contribution in [1.29, 1.82) is 0 Å². The molecule has 35 heavy (non-hydrogen) atoms. The Morgan fingerprint density at radius 2 is 1.69 bits per heavy atom. The first-order valence-corrected chi connectivity index (χ1v) is 12.3. The van der Waals surface area contributed by atoms with Crippen LogP contribution in [0.2, 0.25) is 0 Å². The molecule has 2 heterocycles. The van der Waals surface area contributed by atoms with Crippen molar-refractivity contribution in [3.05, 3.63) is 70.8 Å². The highest BCUT2D eigenvalue weighted by Gasteiger charge is 2.26. The summed E-state index contributed by atoms with van der Waals surface area (Å²) < 4.78 is 11.8. The van der Waals surface area contributed by atoms with Gasteiger partial charge in [0.05, 0.1) is 6.54 Å². The third-order valence-corrected chi connectivity index (χ3v) is 6.23. The number of hydrogen-bond acceptors (Lipinski definition) is 6. The van der Waals surface area contributed by atoms with E-state index in [9.17, 15) is 5.11 Å². The Kier molecular flexibility index (Phi) is 6.93. The minimum atomic E-state index is -0.156. The highest BCUT2D eigenvalue weighted by Crippen LogP contribution is 2.40. The molecule has 0 amide bonds. The van der Waals surface area contributed by atoms with Crippen molar-refractivity contribution >= 4 is 5.84 Å². The summed E-state index contributed by atoms with van der Waals surface area (Å²) in [6.07, 6.45) is 3.67. The molecule has 186 valence electrons. The van der Waals surface area contributed by atoms with Gasteiger partial charge in [-0.1, -0.05) is 71.9 Å². The lowest BCUT2D eigenvalue weighted by atomic mass is 9.78. The van der Waals surface area contributed by atoms with Gasteiger partial charge in [0.1, 0.15) is 17.3 Å². The number of aromatic nitrogens is 1. The number of aliphatic imine (C=N–C) groups is 1. The number of aryl methyl sites for hydroxylation is 2. The molecule has 0 atom stereocenters. The lowest BCUT2D eigenvalue weighted by Gasteiger charge is -2.28. The number of aromatic hydroxyl groups is 1. The van der Waals surface area contributed by atoms with Gasteiger partial charge in [0.15, 0.2) is 12.2 Å². The van der Waals surface area contributed by atoms with Crippen molar-refractivity contribution in [1.82, 2.24) is 10.3 Å². The monoisotopic (exact) mass is 475 g/mol. The molecule has 0 unspecified atom stereocenters. The van der Waals surface area contributed by atoms with Crippen LogP contribution in [0.15, 0.2) is 52.1 Å². The number of hydrogen-bond donors (Lipinski definition) is 2. The van der Waals surface area contributed by atoms with Crippen molar-refractivity contribution in [3.63, 3.8) is 0 Å². The summed E-state index contributed by atoms with van der Waals surface area (Å²) in [6.45, 7) is 14.5. The van der Waals surface area contributed by atoms with E-state index in [2.05, 4.69) is 69.0 Å². The van der Waals surface area contributed by atoms with Crippen molar-refractivity contribution in [2.75, 3.05) is 13.1 Å². The molecule has 6 nitrogen and oxygen atoms in total. The minimum absolute atomic E-state index is 0.156. The standard InChI is InChI=1S/C29H37N3O3/c1-28(2,3)21-15-19(16-22(27(21)33)29(4,5)6)11-12-25-32-26(18-34-25)35-23-10-8-7-9-20(23)17-24-30-13-14-31-24/h7-10,15-16,18,33H,11-14,17H2,1-6H3,(H,30,31). The van der Waals surface area contributed by atoms with Crippen LogP contribution in [0.25, 0.3) is 0 Å². The van der Waals surface area contributed by atoms with Gasteiger partial charge in [0.2, 0.25) is 0 Å². The predicted molar refractivity (Wildman–Crippen MR) is 140 cm³/mol. The molecule has 1 aromatic heterocycles. The molecule has 0 saturated carbocycles. The summed E-state index contributed by atoms with van der Waals surface area (Å²) in [5.74, 6) is 3.22. The molecule has 0 spiro atoms. The van der Waals surface area contributed by atoms with Crippen LogP contribution in [-0.2, 0) is 30.1 Å². The Hall–Kier alpha value is -3.28. The fraction of sp³-hybridized carbons (Fsp3) is 0.448. The summed E-state index contributed by atoms with van der Waals surface area (Å²) in [4.78, 5) is 9.05. The van der Waals surface area contributed by atoms with E-state index in [1.54, 1.807) is 6.26 Å². The Labute approximate surface area is 208 Å². The van der Waals surface area contributed by atoms with Crippen LogP contribution in [-0.4, -0.2) is 29.0 Å². The van der Waals surface area contributed by atoms with Gasteiger partial charge in [0, 0.05) is 24.9 Å².